The number of aromatic nitrogens is 1. The van der Waals surface area contributed by atoms with Gasteiger partial charge in [0.25, 0.3) is 0 Å². The van der Waals surface area contributed by atoms with E-state index in [9.17, 15) is 4.79 Å². The molecule has 0 fully saturated rings. The summed E-state index contributed by atoms with van der Waals surface area (Å²) in [6.45, 7) is 2.28. The summed E-state index contributed by atoms with van der Waals surface area (Å²) in [5.41, 5.74) is 4.25. The number of benzene rings is 3. The van der Waals surface area contributed by atoms with Gasteiger partial charge < -0.3 is 23.5 Å². The fraction of sp³-hybridized carbons (Fsp3) is 0.179. The molecule has 0 spiro atoms. The van der Waals surface area contributed by atoms with Crippen molar-refractivity contribution in [2.75, 3.05) is 14.2 Å². The number of nitrogens with zero attached hydrogens (tertiary/aromatic N) is 1. The predicted octanol–water partition coefficient (Wildman–Crippen LogP) is 5.70. The van der Waals surface area contributed by atoms with E-state index in [2.05, 4.69) is 0 Å². The number of allylic oxidation sites excluding steroid dienone is 1. The maximum atomic E-state index is 13.1. The third-order valence-electron chi connectivity index (χ3n) is 6.08. The first-order chi connectivity index (χ1) is 16.5. The fourth-order valence-corrected chi connectivity index (χ4v) is 4.23. The summed E-state index contributed by atoms with van der Waals surface area (Å²) in [5, 5.41) is 0.987. The Labute approximate surface area is 197 Å². The molecule has 6 heteroatoms. The molecule has 0 N–H and O–H groups in total. The van der Waals surface area contributed by atoms with Crippen molar-refractivity contribution >= 4 is 22.8 Å². The molecule has 6 nitrogen and oxygen atoms in total. The molecule has 34 heavy (non-hydrogen) atoms. The van der Waals surface area contributed by atoms with Crippen LogP contribution in [0.25, 0.3) is 17.0 Å². The summed E-state index contributed by atoms with van der Waals surface area (Å²) in [7, 11) is 5.25. The average molecular weight is 456 g/mol. The smallest absolute Gasteiger partial charge is 0.231 e. The van der Waals surface area contributed by atoms with Crippen molar-refractivity contribution in [3.63, 3.8) is 0 Å². The van der Waals surface area contributed by atoms with Crippen LogP contribution in [-0.4, -0.2) is 24.6 Å². The molecule has 0 bridgehead atoms. The second kappa shape index (κ2) is 8.63. The van der Waals surface area contributed by atoms with Gasteiger partial charge in [0.05, 0.1) is 19.8 Å². The summed E-state index contributed by atoms with van der Waals surface area (Å²) < 4.78 is 24.8. The first-order valence-electron chi connectivity index (χ1n) is 10.9. The molecule has 172 valence electrons. The fourth-order valence-electron chi connectivity index (χ4n) is 4.23. The van der Waals surface area contributed by atoms with Gasteiger partial charge in [0, 0.05) is 35.3 Å². The highest BCUT2D eigenvalue weighted by Gasteiger charge is 2.30. The van der Waals surface area contributed by atoms with Gasteiger partial charge in [-0.25, -0.2) is 0 Å². The van der Waals surface area contributed by atoms with Crippen LogP contribution in [0.3, 0.4) is 0 Å². The zero-order chi connectivity index (χ0) is 23.8. The minimum Gasteiger partial charge on any atom is -0.497 e. The van der Waals surface area contributed by atoms with Crippen LogP contribution >= 0.6 is 0 Å². The Kier molecular flexibility index (Phi) is 5.49. The van der Waals surface area contributed by atoms with Gasteiger partial charge >= 0.3 is 0 Å². The molecule has 0 amide bonds. The van der Waals surface area contributed by atoms with Crippen LogP contribution in [0.15, 0.2) is 66.6 Å². The van der Waals surface area contributed by atoms with Crippen LogP contribution in [0.2, 0.25) is 0 Å². The number of Topliss-reactive ketones (excluding diaryl/α,β-unsaturated/α-hetero) is 1. The van der Waals surface area contributed by atoms with E-state index >= 15 is 0 Å². The quantitative estimate of drug-likeness (QED) is 0.349. The van der Waals surface area contributed by atoms with E-state index in [1.54, 1.807) is 26.4 Å². The number of ether oxygens (including phenoxy) is 4. The Balaban J connectivity index is 1.43. The highest BCUT2D eigenvalue weighted by Crippen LogP contribution is 2.40. The van der Waals surface area contributed by atoms with Crippen LogP contribution in [0.5, 0.6) is 23.0 Å². The largest absolute Gasteiger partial charge is 0.497 e. The lowest BCUT2D eigenvalue weighted by Crippen LogP contribution is -1.99. The van der Waals surface area contributed by atoms with E-state index in [0.29, 0.717) is 29.4 Å². The van der Waals surface area contributed by atoms with Crippen molar-refractivity contribution in [2.45, 2.75) is 13.5 Å². The third-order valence-corrected chi connectivity index (χ3v) is 6.08. The van der Waals surface area contributed by atoms with Crippen LogP contribution in [0.1, 0.15) is 27.0 Å². The van der Waals surface area contributed by atoms with E-state index in [4.69, 9.17) is 18.9 Å². The molecule has 4 aromatic rings. The van der Waals surface area contributed by atoms with Crippen molar-refractivity contribution in [3.05, 3.63) is 88.8 Å². The first-order valence-corrected chi connectivity index (χ1v) is 10.9. The zero-order valence-electron chi connectivity index (χ0n) is 19.5. The molecular formula is C28H25NO5. The number of carbonyl (C=O) groups is 1. The minimum atomic E-state index is -0.141. The number of fused-ring (bicyclic) bond motifs is 2. The molecule has 0 saturated carbocycles. The Hall–Kier alpha value is -4.19. The summed E-state index contributed by atoms with van der Waals surface area (Å²) in [6, 6.07) is 17.2. The van der Waals surface area contributed by atoms with Gasteiger partial charge in [0.15, 0.2) is 5.76 Å². The number of ketones is 1. The van der Waals surface area contributed by atoms with Gasteiger partial charge in [-0.3, -0.25) is 4.79 Å². The molecule has 0 aliphatic carbocycles. The summed E-state index contributed by atoms with van der Waals surface area (Å²) in [6.07, 6.45) is 3.77. The first kappa shape index (κ1) is 21.6. The average Bonchev–Trinajstić information content (AvgIpc) is 3.35. The van der Waals surface area contributed by atoms with Crippen LogP contribution in [0.4, 0.5) is 0 Å². The number of hydrogen-bond acceptors (Lipinski definition) is 5. The predicted molar refractivity (Wildman–Crippen MR) is 131 cm³/mol. The Morgan fingerprint density at radius 1 is 1.00 bits per heavy atom. The number of hydrogen-bond donors (Lipinski definition) is 0. The van der Waals surface area contributed by atoms with Gasteiger partial charge in [-0.1, -0.05) is 12.1 Å². The molecule has 5 rings (SSSR count). The van der Waals surface area contributed by atoms with E-state index in [0.717, 1.165) is 39.1 Å². The molecule has 0 atom stereocenters. The second-order valence-corrected chi connectivity index (χ2v) is 8.22. The molecule has 2 heterocycles. The zero-order valence-corrected chi connectivity index (χ0v) is 19.5. The Morgan fingerprint density at radius 3 is 2.59 bits per heavy atom. The monoisotopic (exact) mass is 455 g/mol. The van der Waals surface area contributed by atoms with Crippen molar-refractivity contribution in [1.29, 1.82) is 0 Å². The van der Waals surface area contributed by atoms with Crippen LogP contribution in [0, 0.1) is 6.92 Å². The van der Waals surface area contributed by atoms with E-state index < -0.39 is 0 Å². The summed E-state index contributed by atoms with van der Waals surface area (Å²) in [4.78, 5) is 13.1. The van der Waals surface area contributed by atoms with Crippen LogP contribution < -0.4 is 18.9 Å². The molecule has 1 aromatic heterocycles. The van der Waals surface area contributed by atoms with E-state index in [1.165, 1.54) is 0 Å². The molecule has 1 aliphatic rings. The lowest BCUT2D eigenvalue weighted by molar-refractivity contribution is 0.101. The molecule has 0 saturated heterocycles. The van der Waals surface area contributed by atoms with Crippen LogP contribution in [-0.2, 0) is 13.7 Å². The molecule has 1 aliphatic heterocycles. The normalized spacial score (nSPS) is 13.8. The number of aryl methyl sites for hydroxylation is 1. The van der Waals surface area contributed by atoms with Crippen molar-refractivity contribution in [1.82, 2.24) is 4.57 Å². The van der Waals surface area contributed by atoms with Gasteiger partial charge in [-0.15, -0.1) is 0 Å². The van der Waals surface area contributed by atoms with Crippen molar-refractivity contribution in [3.8, 4) is 23.0 Å². The molecule has 3 aromatic carbocycles. The molecular weight excluding hydrogens is 430 g/mol. The van der Waals surface area contributed by atoms with Crippen molar-refractivity contribution in [2.24, 2.45) is 7.05 Å². The van der Waals surface area contributed by atoms with Gasteiger partial charge in [-0.05, 0) is 61.0 Å². The highest BCUT2D eigenvalue weighted by atomic mass is 16.5. The maximum absolute atomic E-state index is 13.1. The van der Waals surface area contributed by atoms with Gasteiger partial charge in [-0.2, -0.15) is 0 Å². The van der Waals surface area contributed by atoms with E-state index in [1.807, 2.05) is 73.3 Å². The van der Waals surface area contributed by atoms with E-state index in [-0.39, 0.29) is 5.78 Å². The standard InChI is InChI=1S/C28H25NO5/c1-17-25(33-16-18-6-5-7-20(12-18)31-3)11-9-22-27(30)26(34-28(17)22)13-19-15-29(2)24-10-8-21(32-4)14-23(19)24/h5-15H,16H2,1-4H3. The SMILES string of the molecule is COc1cccc(COc2ccc3c(c2C)OC(=Cc2cn(C)c4ccc(OC)cc24)C3=O)c1. The minimum absolute atomic E-state index is 0.141. The van der Waals surface area contributed by atoms with Crippen molar-refractivity contribution < 1.29 is 23.7 Å². The topological polar surface area (TPSA) is 58.9 Å². The van der Waals surface area contributed by atoms with Gasteiger partial charge in [0.1, 0.15) is 29.6 Å². The maximum Gasteiger partial charge on any atom is 0.231 e. The number of rotatable bonds is 6. The third kappa shape index (κ3) is 3.77. The molecule has 0 unspecified atom stereocenters. The number of methoxy groups -OCH3 is 2. The second-order valence-electron chi connectivity index (χ2n) is 8.22. The number of carbonyl (C=O) groups excluding carboxylic acids is 1. The lowest BCUT2D eigenvalue weighted by atomic mass is 10.1. The van der Waals surface area contributed by atoms with Gasteiger partial charge in [0.2, 0.25) is 5.78 Å². The lowest BCUT2D eigenvalue weighted by Gasteiger charge is -2.12. The summed E-state index contributed by atoms with van der Waals surface area (Å²) in [5.74, 6) is 2.90. The molecule has 0 radical (unpaired) electrons. The Morgan fingerprint density at radius 2 is 1.79 bits per heavy atom. The summed E-state index contributed by atoms with van der Waals surface area (Å²) >= 11 is 0. The highest BCUT2D eigenvalue weighted by molar-refractivity contribution is 6.15. The Bertz CT molecular complexity index is 1450.